The Morgan fingerprint density at radius 1 is 1.33 bits per heavy atom. The summed E-state index contributed by atoms with van der Waals surface area (Å²) in [6.45, 7) is 10.1. The number of nitrogens with zero attached hydrogens (tertiary/aromatic N) is 2. The van der Waals surface area contributed by atoms with E-state index in [4.69, 9.17) is 23.8 Å². The lowest BCUT2D eigenvalue weighted by molar-refractivity contribution is 0.288. The number of hydrogen-bond acceptors (Lipinski definition) is 2. The van der Waals surface area contributed by atoms with Gasteiger partial charge in [-0.25, -0.2) is 0 Å². The second-order valence-corrected chi connectivity index (χ2v) is 6.30. The average Bonchev–Trinajstić information content (AvgIpc) is 2.78. The third-order valence-electron chi connectivity index (χ3n) is 4.11. The summed E-state index contributed by atoms with van der Waals surface area (Å²) in [5.74, 6) is 0. The molecule has 0 saturated heterocycles. The van der Waals surface area contributed by atoms with Gasteiger partial charge in [0.2, 0.25) is 0 Å². The molecule has 3 nitrogen and oxygen atoms in total. The van der Waals surface area contributed by atoms with Crippen LogP contribution >= 0.6 is 23.8 Å². The van der Waals surface area contributed by atoms with E-state index in [-0.39, 0.29) is 0 Å². The van der Waals surface area contributed by atoms with Crippen molar-refractivity contribution < 1.29 is 0 Å². The molecule has 0 aliphatic rings. The summed E-state index contributed by atoms with van der Waals surface area (Å²) >= 11 is 11.5. The Kier molecular flexibility index (Phi) is 5.85. The van der Waals surface area contributed by atoms with Gasteiger partial charge >= 0.3 is 0 Å². The first-order valence-electron chi connectivity index (χ1n) is 7.69. The van der Waals surface area contributed by atoms with Crippen LogP contribution < -0.4 is 0 Å². The number of imidazole rings is 1. The average molecular weight is 326 g/mol. The summed E-state index contributed by atoms with van der Waals surface area (Å²) in [6, 6.07) is 6.30. The Balaban J connectivity index is 2.11. The zero-order chi connectivity index (χ0) is 15.4. The highest BCUT2D eigenvalue weighted by atomic mass is 35.5. The third kappa shape index (κ3) is 3.87. The fraction of sp³-hybridized carbons (Fsp3) is 0.562. The number of fused-ring (bicyclic) bond motifs is 1. The first kappa shape index (κ1) is 16.5. The molecular weight excluding hydrogens is 302 g/mol. The van der Waals surface area contributed by atoms with E-state index in [1.165, 1.54) is 6.42 Å². The smallest absolute Gasteiger partial charge is 0.178 e. The zero-order valence-electron chi connectivity index (χ0n) is 13.0. The van der Waals surface area contributed by atoms with Crippen LogP contribution in [0.2, 0.25) is 5.02 Å². The topological polar surface area (TPSA) is 24.0 Å². The molecule has 5 heteroatoms. The SMILES string of the molecule is CCN(CC)CCCC(C)n1c(=S)[nH]c2cc(Cl)ccc21. The van der Waals surface area contributed by atoms with Gasteiger partial charge in [0.1, 0.15) is 0 Å². The zero-order valence-corrected chi connectivity index (χ0v) is 14.6. The quantitative estimate of drug-likeness (QED) is 0.721. The standard InChI is InChI=1S/C16H24ClN3S/c1-4-19(5-2)10-6-7-12(3)20-15-9-8-13(17)11-14(15)18-16(20)21/h8-9,11-12H,4-7,10H2,1-3H3,(H,18,21). The monoisotopic (exact) mass is 325 g/mol. The number of benzene rings is 1. The maximum absolute atomic E-state index is 6.04. The Morgan fingerprint density at radius 2 is 2.05 bits per heavy atom. The van der Waals surface area contributed by atoms with Gasteiger partial charge in [0.25, 0.3) is 0 Å². The Bertz CT molecular complexity index is 642. The maximum atomic E-state index is 6.04. The fourth-order valence-electron chi connectivity index (χ4n) is 2.82. The van der Waals surface area contributed by atoms with Crippen LogP contribution in [0.4, 0.5) is 0 Å². The molecular formula is C16H24ClN3S. The van der Waals surface area contributed by atoms with Crippen LogP contribution in [0.5, 0.6) is 0 Å². The van der Waals surface area contributed by atoms with Crippen molar-refractivity contribution in [3.05, 3.63) is 28.0 Å². The molecule has 1 heterocycles. The molecule has 0 bridgehead atoms. The van der Waals surface area contributed by atoms with Gasteiger partial charge in [0.05, 0.1) is 11.0 Å². The molecule has 116 valence electrons. The molecule has 1 atom stereocenters. The number of H-pyrrole nitrogens is 1. The van der Waals surface area contributed by atoms with Crippen molar-refractivity contribution in [1.82, 2.24) is 14.5 Å². The minimum absolute atomic E-state index is 0.392. The number of hydrogen-bond donors (Lipinski definition) is 1. The van der Waals surface area contributed by atoms with Gasteiger partial charge in [-0.1, -0.05) is 25.4 Å². The van der Waals surface area contributed by atoms with Crippen LogP contribution in [-0.2, 0) is 0 Å². The molecule has 0 aliphatic carbocycles. The molecule has 0 saturated carbocycles. The van der Waals surface area contributed by atoms with Gasteiger partial charge in [-0.05, 0) is 69.8 Å². The van der Waals surface area contributed by atoms with Crippen LogP contribution in [-0.4, -0.2) is 34.1 Å². The van der Waals surface area contributed by atoms with E-state index in [2.05, 4.69) is 35.2 Å². The number of nitrogens with one attached hydrogen (secondary N) is 1. The number of aromatic nitrogens is 2. The predicted octanol–water partition coefficient (Wildman–Crippen LogP) is 5.04. The minimum atomic E-state index is 0.392. The molecule has 0 fully saturated rings. The summed E-state index contributed by atoms with van der Waals surface area (Å²) in [5, 5.41) is 0.736. The molecule has 1 aromatic carbocycles. The molecule has 21 heavy (non-hydrogen) atoms. The third-order valence-corrected chi connectivity index (χ3v) is 4.64. The van der Waals surface area contributed by atoms with Gasteiger partial charge in [-0.15, -0.1) is 0 Å². The van der Waals surface area contributed by atoms with Crippen molar-refractivity contribution in [2.24, 2.45) is 0 Å². The highest BCUT2D eigenvalue weighted by Gasteiger charge is 2.11. The maximum Gasteiger partial charge on any atom is 0.178 e. The fourth-order valence-corrected chi connectivity index (χ4v) is 3.38. The Hall–Kier alpha value is -0.840. The molecule has 1 unspecified atom stereocenters. The second kappa shape index (κ2) is 7.43. The number of halogens is 1. The lowest BCUT2D eigenvalue weighted by atomic mass is 10.1. The number of aromatic amines is 1. The van der Waals surface area contributed by atoms with E-state index in [9.17, 15) is 0 Å². The van der Waals surface area contributed by atoms with Crippen LogP contribution in [0.3, 0.4) is 0 Å². The molecule has 1 N–H and O–H groups in total. The lowest BCUT2D eigenvalue weighted by Gasteiger charge is -2.20. The molecule has 0 amide bonds. The van der Waals surface area contributed by atoms with Gasteiger partial charge in [-0.2, -0.15) is 0 Å². The first-order valence-corrected chi connectivity index (χ1v) is 8.47. The van der Waals surface area contributed by atoms with Gasteiger partial charge in [0, 0.05) is 11.1 Å². The van der Waals surface area contributed by atoms with E-state index in [1.54, 1.807) is 0 Å². The van der Waals surface area contributed by atoms with Gasteiger partial charge in [-0.3, -0.25) is 0 Å². The predicted molar refractivity (Wildman–Crippen MR) is 93.9 cm³/mol. The summed E-state index contributed by atoms with van der Waals surface area (Å²) in [5.41, 5.74) is 2.16. The molecule has 2 aromatic rings. The Morgan fingerprint density at radius 3 is 2.71 bits per heavy atom. The van der Waals surface area contributed by atoms with Crippen molar-refractivity contribution in [1.29, 1.82) is 0 Å². The second-order valence-electron chi connectivity index (χ2n) is 5.48. The molecule has 0 aliphatic heterocycles. The minimum Gasteiger partial charge on any atom is -0.331 e. The lowest BCUT2D eigenvalue weighted by Crippen LogP contribution is -2.24. The summed E-state index contributed by atoms with van der Waals surface area (Å²) in [4.78, 5) is 5.71. The number of rotatable bonds is 7. The van der Waals surface area contributed by atoms with Crippen LogP contribution in [0.15, 0.2) is 18.2 Å². The van der Waals surface area contributed by atoms with E-state index in [0.717, 1.165) is 46.9 Å². The van der Waals surface area contributed by atoms with Crippen LogP contribution in [0.1, 0.15) is 39.7 Å². The van der Waals surface area contributed by atoms with Gasteiger partial charge in [0.15, 0.2) is 4.77 Å². The summed E-state index contributed by atoms with van der Waals surface area (Å²) < 4.78 is 2.99. The van der Waals surface area contributed by atoms with E-state index < -0.39 is 0 Å². The summed E-state index contributed by atoms with van der Waals surface area (Å²) in [7, 11) is 0. The van der Waals surface area contributed by atoms with E-state index in [0.29, 0.717) is 6.04 Å². The first-order chi connectivity index (χ1) is 10.1. The van der Waals surface area contributed by atoms with Crippen molar-refractivity contribution in [3.8, 4) is 0 Å². The molecule has 0 spiro atoms. The molecule has 1 aromatic heterocycles. The van der Waals surface area contributed by atoms with E-state index >= 15 is 0 Å². The van der Waals surface area contributed by atoms with Crippen LogP contribution in [0.25, 0.3) is 11.0 Å². The highest BCUT2D eigenvalue weighted by molar-refractivity contribution is 7.71. The van der Waals surface area contributed by atoms with Crippen LogP contribution in [0, 0.1) is 4.77 Å². The normalized spacial score (nSPS) is 13.2. The summed E-state index contributed by atoms with van der Waals surface area (Å²) in [6.07, 6.45) is 2.31. The highest BCUT2D eigenvalue weighted by Crippen LogP contribution is 2.24. The molecule has 2 rings (SSSR count). The van der Waals surface area contributed by atoms with Crippen molar-refractivity contribution in [3.63, 3.8) is 0 Å². The van der Waals surface area contributed by atoms with Crippen molar-refractivity contribution in [2.75, 3.05) is 19.6 Å². The van der Waals surface area contributed by atoms with Crippen molar-refractivity contribution >= 4 is 34.9 Å². The van der Waals surface area contributed by atoms with E-state index in [1.807, 2.05) is 18.2 Å². The Labute approximate surface area is 136 Å². The van der Waals surface area contributed by atoms with Gasteiger partial charge < -0.3 is 14.5 Å². The largest absolute Gasteiger partial charge is 0.331 e. The van der Waals surface area contributed by atoms with Crippen molar-refractivity contribution in [2.45, 2.75) is 39.7 Å². The molecule has 0 radical (unpaired) electrons.